The number of ether oxygens (including phenoxy) is 1. The van der Waals surface area contributed by atoms with Crippen LogP contribution in [0.4, 0.5) is 4.79 Å². The minimum Gasteiger partial charge on any atom is -0.444 e. The molecule has 0 aromatic rings. The minimum absolute atomic E-state index is 0.00341. The molecule has 1 rings (SSSR count). The highest BCUT2D eigenvalue weighted by molar-refractivity contribution is 9.09. The van der Waals surface area contributed by atoms with Crippen LogP contribution in [0.2, 0.25) is 0 Å². The van der Waals surface area contributed by atoms with Gasteiger partial charge in [-0.15, -0.1) is 0 Å². The molecule has 0 aromatic heterocycles. The van der Waals surface area contributed by atoms with Gasteiger partial charge < -0.3 is 15.4 Å². The number of alkyl carbamates (subject to hydrolysis) is 1. The Morgan fingerprint density at radius 3 is 2.36 bits per heavy atom. The summed E-state index contributed by atoms with van der Waals surface area (Å²) < 4.78 is 5.16. The Hall–Kier alpha value is -1.11. The molecule has 0 aromatic carbocycles. The molecule has 0 radical (unpaired) electrons. The van der Waals surface area contributed by atoms with E-state index < -0.39 is 17.7 Å². The molecule has 1 fully saturated rings. The number of halogens is 1. The topological polar surface area (TPSA) is 84.5 Å². The van der Waals surface area contributed by atoms with Crippen LogP contribution in [0.3, 0.4) is 0 Å². The fraction of sp³-hybridized carbons (Fsp3) is 0.833. The summed E-state index contributed by atoms with van der Waals surface area (Å²) >= 11 is 3.18. The molecule has 144 valence electrons. The third-order valence-electron chi connectivity index (χ3n) is 4.15. The first-order chi connectivity index (χ1) is 11.7. The van der Waals surface area contributed by atoms with E-state index in [-0.39, 0.29) is 22.9 Å². The number of Topliss-reactive ketones (excluding diaryl/α,β-unsaturated/α-hetero) is 1. The molecule has 1 aliphatic carbocycles. The van der Waals surface area contributed by atoms with Crippen LogP contribution < -0.4 is 10.6 Å². The van der Waals surface area contributed by atoms with Crippen molar-refractivity contribution >= 4 is 33.7 Å². The van der Waals surface area contributed by atoms with Crippen molar-refractivity contribution in [3.05, 3.63) is 0 Å². The molecule has 6 nitrogen and oxygen atoms in total. The second-order valence-electron chi connectivity index (χ2n) is 7.57. The number of unbranched alkanes of at least 4 members (excludes halogenated alkanes) is 1. The summed E-state index contributed by atoms with van der Waals surface area (Å²) in [6.45, 7) is 5.93. The van der Waals surface area contributed by atoms with Gasteiger partial charge in [-0.05, 0) is 52.9 Å². The van der Waals surface area contributed by atoms with E-state index in [2.05, 4.69) is 26.6 Å². The Kier molecular flexibility index (Phi) is 9.46. The van der Waals surface area contributed by atoms with Crippen LogP contribution in [-0.2, 0) is 14.3 Å². The molecule has 25 heavy (non-hydrogen) atoms. The monoisotopic (exact) mass is 418 g/mol. The number of nitrogens with one attached hydrogen (secondary N) is 2. The summed E-state index contributed by atoms with van der Waals surface area (Å²) in [5.74, 6) is 0.0505. The molecule has 0 saturated heterocycles. The summed E-state index contributed by atoms with van der Waals surface area (Å²) in [4.78, 5) is 35.8. The standard InChI is InChI=1S/C18H31BrN2O4/c1-18(2,3)25-17(24)20-11-7-6-10-14(15(22)12-19)21-16(23)13-8-4-5-9-13/h13-14H,4-12H2,1-3H3,(H,20,24)(H,21,23)/t14-/m0/s1. The zero-order valence-electron chi connectivity index (χ0n) is 15.5. The number of carbonyl (C=O) groups excluding carboxylic acids is 3. The highest BCUT2D eigenvalue weighted by Crippen LogP contribution is 2.25. The van der Waals surface area contributed by atoms with Gasteiger partial charge in [0.15, 0.2) is 5.78 Å². The smallest absolute Gasteiger partial charge is 0.407 e. The Labute approximate surface area is 159 Å². The highest BCUT2D eigenvalue weighted by Gasteiger charge is 2.26. The predicted octanol–water partition coefficient (Wildman–Crippen LogP) is 3.32. The van der Waals surface area contributed by atoms with Crippen molar-refractivity contribution in [3.63, 3.8) is 0 Å². The first-order valence-electron chi connectivity index (χ1n) is 9.09. The van der Waals surface area contributed by atoms with E-state index in [4.69, 9.17) is 4.74 Å². The van der Waals surface area contributed by atoms with Crippen molar-refractivity contribution in [1.29, 1.82) is 0 Å². The zero-order valence-corrected chi connectivity index (χ0v) is 17.1. The molecular formula is C18H31BrN2O4. The summed E-state index contributed by atoms with van der Waals surface area (Å²) in [7, 11) is 0. The summed E-state index contributed by atoms with van der Waals surface area (Å²) in [6, 6.07) is -0.450. The number of ketones is 1. The Balaban J connectivity index is 2.30. The van der Waals surface area contributed by atoms with Gasteiger partial charge >= 0.3 is 6.09 Å². The maximum atomic E-state index is 12.2. The van der Waals surface area contributed by atoms with Gasteiger partial charge in [0.25, 0.3) is 0 Å². The van der Waals surface area contributed by atoms with Crippen molar-refractivity contribution in [2.45, 2.75) is 77.4 Å². The molecule has 0 bridgehead atoms. The Bertz CT molecular complexity index is 456. The molecular weight excluding hydrogens is 388 g/mol. The lowest BCUT2D eigenvalue weighted by atomic mass is 10.0. The number of carbonyl (C=O) groups is 3. The van der Waals surface area contributed by atoms with Crippen molar-refractivity contribution in [1.82, 2.24) is 10.6 Å². The molecule has 1 saturated carbocycles. The van der Waals surface area contributed by atoms with Gasteiger partial charge in [-0.2, -0.15) is 0 Å². The Morgan fingerprint density at radius 2 is 1.80 bits per heavy atom. The molecule has 1 atom stereocenters. The average Bonchev–Trinajstić information content (AvgIpc) is 3.05. The second kappa shape index (κ2) is 10.8. The van der Waals surface area contributed by atoms with Gasteiger partial charge in [0.05, 0.1) is 11.4 Å². The lowest BCUT2D eigenvalue weighted by Crippen LogP contribution is -2.43. The number of rotatable bonds is 9. The lowest BCUT2D eigenvalue weighted by molar-refractivity contribution is -0.129. The SMILES string of the molecule is CC(C)(C)OC(=O)NCCCC[C@H](NC(=O)C1CCCC1)C(=O)CBr. The predicted molar refractivity (Wildman–Crippen MR) is 101 cm³/mol. The third kappa shape index (κ3) is 9.23. The fourth-order valence-electron chi connectivity index (χ4n) is 2.86. The third-order valence-corrected chi connectivity index (χ3v) is 4.70. The van der Waals surface area contributed by atoms with Crippen molar-refractivity contribution in [2.24, 2.45) is 5.92 Å². The molecule has 1 aliphatic rings. The van der Waals surface area contributed by atoms with E-state index in [1.165, 1.54) is 0 Å². The van der Waals surface area contributed by atoms with Crippen molar-refractivity contribution in [2.75, 3.05) is 11.9 Å². The van der Waals surface area contributed by atoms with Gasteiger partial charge in [-0.25, -0.2) is 4.79 Å². The molecule has 2 N–H and O–H groups in total. The number of hydrogen-bond donors (Lipinski definition) is 2. The quantitative estimate of drug-likeness (QED) is 0.444. The van der Waals surface area contributed by atoms with Gasteiger partial charge in [0.1, 0.15) is 5.60 Å². The van der Waals surface area contributed by atoms with E-state index in [1.807, 2.05) is 20.8 Å². The largest absolute Gasteiger partial charge is 0.444 e. The van der Waals surface area contributed by atoms with Gasteiger partial charge in [0.2, 0.25) is 5.91 Å². The van der Waals surface area contributed by atoms with Crippen LogP contribution in [0.5, 0.6) is 0 Å². The van der Waals surface area contributed by atoms with Crippen LogP contribution in [0, 0.1) is 5.92 Å². The van der Waals surface area contributed by atoms with Crippen molar-refractivity contribution in [3.8, 4) is 0 Å². The van der Waals surface area contributed by atoms with Gasteiger partial charge in [0, 0.05) is 12.5 Å². The molecule has 0 unspecified atom stereocenters. The zero-order chi connectivity index (χ0) is 18.9. The minimum atomic E-state index is -0.512. The molecule has 0 spiro atoms. The van der Waals surface area contributed by atoms with E-state index in [0.717, 1.165) is 38.5 Å². The van der Waals surface area contributed by atoms with Crippen LogP contribution in [0.15, 0.2) is 0 Å². The molecule has 0 aliphatic heterocycles. The first kappa shape index (κ1) is 21.9. The highest BCUT2D eigenvalue weighted by atomic mass is 79.9. The lowest BCUT2D eigenvalue weighted by Gasteiger charge is -2.20. The fourth-order valence-corrected chi connectivity index (χ4v) is 3.25. The second-order valence-corrected chi connectivity index (χ2v) is 8.13. The Morgan fingerprint density at radius 1 is 1.16 bits per heavy atom. The van der Waals surface area contributed by atoms with Crippen molar-refractivity contribution < 1.29 is 19.1 Å². The number of alkyl halides is 1. The maximum Gasteiger partial charge on any atom is 0.407 e. The normalized spacial score (nSPS) is 16.3. The number of amides is 2. The van der Waals surface area contributed by atoms with E-state index in [9.17, 15) is 14.4 Å². The number of hydrogen-bond acceptors (Lipinski definition) is 4. The van der Waals surface area contributed by atoms with Crippen LogP contribution in [-0.4, -0.2) is 41.3 Å². The van der Waals surface area contributed by atoms with Gasteiger partial charge in [-0.3, -0.25) is 9.59 Å². The van der Waals surface area contributed by atoms with E-state index >= 15 is 0 Å². The summed E-state index contributed by atoms with van der Waals surface area (Å²) in [5, 5.41) is 5.84. The van der Waals surface area contributed by atoms with E-state index in [1.54, 1.807) is 0 Å². The molecule has 0 heterocycles. The van der Waals surface area contributed by atoms with Gasteiger partial charge in [-0.1, -0.05) is 28.8 Å². The molecule has 2 amide bonds. The van der Waals surface area contributed by atoms with E-state index in [0.29, 0.717) is 13.0 Å². The van der Waals surface area contributed by atoms with Crippen LogP contribution in [0.1, 0.15) is 65.7 Å². The van der Waals surface area contributed by atoms with Crippen LogP contribution >= 0.6 is 15.9 Å². The first-order valence-corrected chi connectivity index (χ1v) is 10.2. The molecule has 7 heteroatoms. The van der Waals surface area contributed by atoms with Crippen LogP contribution in [0.25, 0.3) is 0 Å². The summed E-state index contributed by atoms with van der Waals surface area (Å²) in [6.07, 6.45) is 5.63. The maximum absolute atomic E-state index is 12.2. The summed E-state index contributed by atoms with van der Waals surface area (Å²) in [5.41, 5.74) is -0.512. The average molecular weight is 419 g/mol.